The van der Waals surface area contributed by atoms with Crippen molar-refractivity contribution >= 4 is 12.2 Å². The largest absolute Gasteiger partial charge is 0.508 e. The second-order valence-electron chi connectivity index (χ2n) is 6.48. The molecule has 0 aliphatic carbocycles. The molecule has 5 atom stereocenters. The standard InChI is InChI=1S/C20H22O7/c1-11-17(23)18(24)19(25)20(26-11)27-16-9-13(8-15(22)10-16)3-2-12-4-6-14(21)7-5-12/h2-11,17-25H,1H3/b3-2+/t11-,17-,18+,19+,20+/m0/s1. The van der Waals surface area contributed by atoms with Crippen LogP contribution in [0.5, 0.6) is 17.2 Å². The predicted octanol–water partition coefficient (Wildman–Crippen LogP) is 1.47. The van der Waals surface area contributed by atoms with E-state index in [0.29, 0.717) is 5.56 Å². The molecule has 0 spiro atoms. The van der Waals surface area contributed by atoms with Gasteiger partial charge in [0.2, 0.25) is 6.29 Å². The van der Waals surface area contributed by atoms with Crippen LogP contribution >= 0.6 is 0 Å². The third kappa shape index (κ3) is 4.58. The molecule has 1 aliphatic heterocycles. The lowest BCUT2D eigenvalue weighted by atomic mass is 10.00. The van der Waals surface area contributed by atoms with E-state index in [1.165, 1.54) is 12.1 Å². The summed E-state index contributed by atoms with van der Waals surface area (Å²) in [7, 11) is 0. The molecule has 7 heteroatoms. The average molecular weight is 374 g/mol. The quantitative estimate of drug-likeness (QED) is 0.514. The Morgan fingerprint density at radius 2 is 1.48 bits per heavy atom. The van der Waals surface area contributed by atoms with Gasteiger partial charge in [-0.25, -0.2) is 0 Å². The molecule has 1 aliphatic rings. The van der Waals surface area contributed by atoms with Gasteiger partial charge in [0.25, 0.3) is 0 Å². The molecule has 0 unspecified atom stereocenters. The summed E-state index contributed by atoms with van der Waals surface area (Å²) in [4.78, 5) is 0. The molecule has 0 amide bonds. The van der Waals surface area contributed by atoms with Gasteiger partial charge in [-0.05, 0) is 42.3 Å². The van der Waals surface area contributed by atoms with Crippen LogP contribution in [0.4, 0.5) is 0 Å². The fourth-order valence-electron chi connectivity index (χ4n) is 2.79. The maximum atomic E-state index is 10.0. The van der Waals surface area contributed by atoms with E-state index in [0.717, 1.165) is 5.56 Å². The van der Waals surface area contributed by atoms with Gasteiger partial charge in [0.1, 0.15) is 35.6 Å². The Morgan fingerprint density at radius 3 is 2.19 bits per heavy atom. The van der Waals surface area contributed by atoms with E-state index in [9.17, 15) is 25.5 Å². The molecule has 3 rings (SSSR count). The Balaban J connectivity index is 1.76. The Kier molecular flexibility index (Phi) is 5.67. The zero-order chi connectivity index (χ0) is 19.6. The Hall–Kier alpha value is -2.58. The minimum Gasteiger partial charge on any atom is -0.508 e. The summed E-state index contributed by atoms with van der Waals surface area (Å²) >= 11 is 0. The van der Waals surface area contributed by atoms with E-state index in [2.05, 4.69) is 0 Å². The van der Waals surface area contributed by atoms with Crippen LogP contribution in [0.1, 0.15) is 18.1 Å². The van der Waals surface area contributed by atoms with Gasteiger partial charge in [0.15, 0.2) is 0 Å². The zero-order valence-corrected chi connectivity index (χ0v) is 14.6. The predicted molar refractivity (Wildman–Crippen MR) is 98.1 cm³/mol. The highest BCUT2D eigenvalue weighted by Crippen LogP contribution is 2.28. The minimum atomic E-state index is -1.44. The fraction of sp³-hybridized carbons (Fsp3) is 0.300. The molecular formula is C20H22O7. The summed E-state index contributed by atoms with van der Waals surface area (Å²) in [6, 6.07) is 11.1. The summed E-state index contributed by atoms with van der Waals surface area (Å²) in [5.74, 6) is 0.366. The number of phenols is 2. The second kappa shape index (κ2) is 7.98. The van der Waals surface area contributed by atoms with Crippen molar-refractivity contribution < 1.29 is 35.0 Å². The molecule has 7 nitrogen and oxygen atoms in total. The third-order valence-corrected chi connectivity index (χ3v) is 4.34. The number of benzene rings is 2. The van der Waals surface area contributed by atoms with Crippen LogP contribution in [-0.2, 0) is 4.74 Å². The first-order chi connectivity index (χ1) is 12.8. The van der Waals surface area contributed by atoms with Gasteiger partial charge in [0.05, 0.1) is 6.10 Å². The van der Waals surface area contributed by atoms with Gasteiger partial charge in [-0.15, -0.1) is 0 Å². The molecule has 0 bridgehead atoms. The van der Waals surface area contributed by atoms with Gasteiger partial charge >= 0.3 is 0 Å². The third-order valence-electron chi connectivity index (χ3n) is 4.34. The van der Waals surface area contributed by atoms with Crippen molar-refractivity contribution in [2.45, 2.75) is 37.6 Å². The summed E-state index contributed by atoms with van der Waals surface area (Å²) in [6.07, 6.45) is -2.41. The number of rotatable bonds is 4. The van der Waals surface area contributed by atoms with E-state index in [-0.39, 0.29) is 17.2 Å². The number of ether oxygens (including phenoxy) is 2. The Morgan fingerprint density at radius 1 is 0.815 bits per heavy atom. The number of aromatic hydroxyl groups is 2. The molecule has 2 aromatic rings. The number of hydrogen-bond acceptors (Lipinski definition) is 7. The normalized spacial score (nSPS) is 28.4. The van der Waals surface area contributed by atoms with Crippen molar-refractivity contribution in [2.75, 3.05) is 0 Å². The summed E-state index contributed by atoms with van der Waals surface area (Å²) in [6.45, 7) is 1.56. The average Bonchev–Trinajstić information content (AvgIpc) is 2.63. The van der Waals surface area contributed by atoms with E-state index < -0.39 is 30.7 Å². The van der Waals surface area contributed by atoms with Crippen LogP contribution in [0.15, 0.2) is 42.5 Å². The maximum absolute atomic E-state index is 10.0. The molecule has 1 heterocycles. The molecule has 0 saturated carbocycles. The molecule has 144 valence electrons. The second-order valence-corrected chi connectivity index (χ2v) is 6.48. The molecule has 0 radical (unpaired) electrons. The molecule has 27 heavy (non-hydrogen) atoms. The van der Waals surface area contributed by atoms with Gasteiger partial charge < -0.3 is 35.0 Å². The van der Waals surface area contributed by atoms with Gasteiger partial charge in [0, 0.05) is 6.07 Å². The smallest absolute Gasteiger partial charge is 0.229 e. The lowest BCUT2D eigenvalue weighted by Crippen LogP contribution is -2.58. The van der Waals surface area contributed by atoms with Crippen LogP contribution < -0.4 is 4.74 Å². The van der Waals surface area contributed by atoms with Gasteiger partial charge in [-0.3, -0.25) is 0 Å². The zero-order valence-electron chi connectivity index (χ0n) is 14.6. The molecular weight excluding hydrogens is 352 g/mol. The molecule has 0 aromatic heterocycles. The summed E-state index contributed by atoms with van der Waals surface area (Å²) in [5, 5.41) is 48.9. The number of aliphatic hydroxyl groups excluding tert-OH is 3. The highest BCUT2D eigenvalue weighted by atomic mass is 16.7. The van der Waals surface area contributed by atoms with Crippen LogP contribution in [0, 0.1) is 0 Å². The summed E-state index contributed by atoms with van der Waals surface area (Å²) in [5.41, 5.74) is 1.49. The lowest BCUT2D eigenvalue weighted by Gasteiger charge is -2.38. The van der Waals surface area contributed by atoms with Gasteiger partial charge in [-0.2, -0.15) is 0 Å². The minimum absolute atomic E-state index is 0.0446. The van der Waals surface area contributed by atoms with E-state index in [4.69, 9.17) is 9.47 Å². The first-order valence-corrected chi connectivity index (χ1v) is 8.51. The molecule has 1 saturated heterocycles. The SMILES string of the molecule is C[C@@H]1O[C@H](Oc2cc(O)cc(/C=C/c3ccc(O)cc3)c2)[C@H](O)[C@H](O)[C@H]1O. The number of hydrogen-bond donors (Lipinski definition) is 5. The van der Waals surface area contributed by atoms with Crippen LogP contribution in [0.3, 0.4) is 0 Å². The molecule has 5 N–H and O–H groups in total. The van der Waals surface area contributed by atoms with Crippen molar-refractivity contribution in [1.29, 1.82) is 0 Å². The molecule has 1 fully saturated rings. The number of aliphatic hydroxyl groups is 3. The van der Waals surface area contributed by atoms with Crippen molar-refractivity contribution in [3.05, 3.63) is 53.6 Å². The van der Waals surface area contributed by atoms with Crippen molar-refractivity contribution in [3.63, 3.8) is 0 Å². The topological polar surface area (TPSA) is 120 Å². The van der Waals surface area contributed by atoms with E-state index in [1.54, 1.807) is 49.4 Å². The van der Waals surface area contributed by atoms with Crippen LogP contribution in [0.25, 0.3) is 12.2 Å². The van der Waals surface area contributed by atoms with Crippen molar-refractivity contribution in [1.82, 2.24) is 0 Å². The monoisotopic (exact) mass is 374 g/mol. The lowest BCUT2D eigenvalue weighted by molar-refractivity contribution is -0.268. The van der Waals surface area contributed by atoms with E-state index in [1.807, 2.05) is 0 Å². The summed E-state index contributed by atoms with van der Waals surface area (Å²) < 4.78 is 11.0. The fourth-order valence-corrected chi connectivity index (χ4v) is 2.79. The van der Waals surface area contributed by atoms with Crippen LogP contribution in [0.2, 0.25) is 0 Å². The van der Waals surface area contributed by atoms with Crippen molar-refractivity contribution in [3.8, 4) is 17.2 Å². The highest BCUT2D eigenvalue weighted by molar-refractivity contribution is 5.71. The maximum Gasteiger partial charge on any atom is 0.229 e. The highest BCUT2D eigenvalue weighted by Gasteiger charge is 2.43. The van der Waals surface area contributed by atoms with E-state index >= 15 is 0 Å². The first-order valence-electron chi connectivity index (χ1n) is 8.51. The Labute approximate surface area is 156 Å². The first kappa shape index (κ1) is 19.2. The van der Waals surface area contributed by atoms with Gasteiger partial charge in [-0.1, -0.05) is 24.3 Å². The Bertz CT molecular complexity index is 802. The van der Waals surface area contributed by atoms with Crippen molar-refractivity contribution in [2.24, 2.45) is 0 Å². The molecule has 2 aromatic carbocycles. The number of phenolic OH excluding ortho intramolecular Hbond substituents is 2. The van der Waals surface area contributed by atoms with Crippen LogP contribution in [-0.4, -0.2) is 56.2 Å².